The molecule has 0 saturated heterocycles. The lowest BCUT2D eigenvalue weighted by Gasteiger charge is -2.57. The Labute approximate surface area is 138 Å². The molecule has 3 nitrogen and oxygen atoms in total. The number of para-hydroxylation sites is 2. The Kier molecular flexibility index (Phi) is 3.82. The summed E-state index contributed by atoms with van der Waals surface area (Å²) in [5, 5.41) is 2.85. The van der Waals surface area contributed by atoms with Crippen molar-refractivity contribution in [3.05, 3.63) is 24.3 Å². The van der Waals surface area contributed by atoms with E-state index in [1.807, 2.05) is 24.3 Å². The van der Waals surface area contributed by atoms with E-state index in [0.717, 1.165) is 35.8 Å². The smallest absolute Gasteiger partial charge is 0.221 e. The minimum Gasteiger partial charge on any atom is -0.491 e. The second-order valence-corrected chi connectivity index (χ2v) is 8.19. The summed E-state index contributed by atoms with van der Waals surface area (Å²) in [6, 6.07) is 7.75. The zero-order chi connectivity index (χ0) is 15.9. The van der Waals surface area contributed by atoms with Gasteiger partial charge in [0.15, 0.2) is 0 Å². The van der Waals surface area contributed by atoms with Gasteiger partial charge in [-0.05, 0) is 80.2 Å². The average Bonchev–Trinajstić information content (AvgIpc) is 2.47. The van der Waals surface area contributed by atoms with E-state index in [2.05, 4.69) is 5.32 Å². The van der Waals surface area contributed by atoms with E-state index >= 15 is 0 Å². The van der Waals surface area contributed by atoms with E-state index in [0.29, 0.717) is 5.41 Å². The highest BCUT2D eigenvalue weighted by Crippen LogP contribution is 2.61. The second-order valence-electron chi connectivity index (χ2n) is 8.19. The summed E-state index contributed by atoms with van der Waals surface area (Å²) in [5.74, 6) is 3.73. The lowest BCUT2D eigenvalue weighted by Crippen LogP contribution is -2.46. The number of rotatable bonds is 5. The number of benzene rings is 1. The van der Waals surface area contributed by atoms with Gasteiger partial charge in [0, 0.05) is 6.92 Å². The van der Waals surface area contributed by atoms with Crippen LogP contribution < -0.4 is 10.1 Å². The van der Waals surface area contributed by atoms with Crippen LogP contribution in [-0.4, -0.2) is 12.5 Å². The van der Waals surface area contributed by atoms with Crippen molar-refractivity contribution in [2.45, 2.75) is 51.9 Å². The van der Waals surface area contributed by atoms with Gasteiger partial charge in [0.25, 0.3) is 0 Å². The van der Waals surface area contributed by atoms with Crippen molar-refractivity contribution in [1.82, 2.24) is 0 Å². The first kappa shape index (κ1) is 15.0. The van der Waals surface area contributed by atoms with E-state index in [4.69, 9.17) is 4.74 Å². The molecular weight excluding hydrogens is 286 g/mol. The molecule has 0 unspecified atom stereocenters. The quantitative estimate of drug-likeness (QED) is 0.860. The van der Waals surface area contributed by atoms with Gasteiger partial charge in [-0.1, -0.05) is 12.1 Å². The normalized spacial score (nSPS) is 34.4. The van der Waals surface area contributed by atoms with Crippen molar-refractivity contribution in [3.8, 4) is 5.75 Å². The molecule has 4 aliphatic carbocycles. The summed E-state index contributed by atoms with van der Waals surface area (Å²) in [5.41, 5.74) is 1.34. The molecule has 3 heteroatoms. The maximum Gasteiger partial charge on any atom is 0.221 e. The Hall–Kier alpha value is -1.51. The van der Waals surface area contributed by atoms with Crippen LogP contribution in [0.5, 0.6) is 5.75 Å². The molecule has 1 N–H and O–H groups in total. The van der Waals surface area contributed by atoms with Crippen LogP contribution in [0.25, 0.3) is 0 Å². The SMILES string of the molecule is CC(=O)Nc1ccccc1OCCC12CC3CC(CC(C3)C1)C2. The number of carbonyl (C=O) groups is 1. The molecule has 0 atom stereocenters. The lowest BCUT2D eigenvalue weighted by molar-refractivity contribution is -0.114. The largest absolute Gasteiger partial charge is 0.491 e. The number of hydrogen-bond acceptors (Lipinski definition) is 2. The van der Waals surface area contributed by atoms with Crippen molar-refractivity contribution < 1.29 is 9.53 Å². The predicted octanol–water partition coefficient (Wildman–Crippen LogP) is 4.63. The van der Waals surface area contributed by atoms with E-state index in [1.165, 1.54) is 51.9 Å². The lowest BCUT2D eigenvalue weighted by atomic mass is 9.49. The van der Waals surface area contributed by atoms with Crippen LogP contribution in [0.1, 0.15) is 51.9 Å². The molecule has 0 radical (unpaired) electrons. The summed E-state index contributed by atoms with van der Waals surface area (Å²) in [7, 11) is 0. The third kappa shape index (κ3) is 3.11. The van der Waals surface area contributed by atoms with Gasteiger partial charge in [0.05, 0.1) is 12.3 Å². The summed E-state index contributed by atoms with van der Waals surface area (Å²) in [6.07, 6.45) is 9.93. The third-order valence-electron chi connectivity index (χ3n) is 6.25. The fourth-order valence-corrected chi connectivity index (χ4v) is 5.86. The number of anilines is 1. The molecule has 0 aromatic heterocycles. The first-order valence-corrected chi connectivity index (χ1v) is 9.11. The van der Waals surface area contributed by atoms with Gasteiger partial charge in [-0.2, -0.15) is 0 Å². The zero-order valence-corrected chi connectivity index (χ0v) is 14.0. The van der Waals surface area contributed by atoms with E-state index in [-0.39, 0.29) is 5.91 Å². The summed E-state index contributed by atoms with van der Waals surface area (Å²) in [6.45, 7) is 2.30. The molecule has 124 valence electrons. The Bertz CT molecular complexity index is 560. The van der Waals surface area contributed by atoms with Crippen LogP contribution in [0.3, 0.4) is 0 Å². The molecule has 0 heterocycles. The highest BCUT2D eigenvalue weighted by molar-refractivity contribution is 5.90. The van der Waals surface area contributed by atoms with Gasteiger partial charge in [0.1, 0.15) is 5.75 Å². The maximum atomic E-state index is 11.3. The van der Waals surface area contributed by atoms with E-state index < -0.39 is 0 Å². The highest BCUT2D eigenvalue weighted by atomic mass is 16.5. The van der Waals surface area contributed by atoms with E-state index in [9.17, 15) is 4.79 Å². The molecule has 4 aliphatic rings. The topological polar surface area (TPSA) is 38.3 Å². The van der Waals surface area contributed by atoms with Crippen molar-refractivity contribution in [2.75, 3.05) is 11.9 Å². The van der Waals surface area contributed by atoms with Crippen LogP contribution >= 0.6 is 0 Å². The van der Waals surface area contributed by atoms with Crippen LogP contribution in [0.4, 0.5) is 5.69 Å². The first-order valence-electron chi connectivity index (χ1n) is 9.11. The van der Waals surface area contributed by atoms with Gasteiger partial charge >= 0.3 is 0 Å². The standard InChI is InChI=1S/C20H27NO2/c1-14(22)21-18-4-2-3-5-19(18)23-7-6-20-11-15-8-16(12-20)10-17(9-15)13-20/h2-5,15-17H,6-13H2,1H3,(H,21,22). The van der Waals surface area contributed by atoms with Gasteiger partial charge in [-0.25, -0.2) is 0 Å². The molecule has 4 fully saturated rings. The molecule has 23 heavy (non-hydrogen) atoms. The van der Waals surface area contributed by atoms with Crippen LogP contribution in [0, 0.1) is 23.2 Å². The zero-order valence-electron chi connectivity index (χ0n) is 14.0. The fraction of sp³-hybridized carbons (Fsp3) is 0.650. The van der Waals surface area contributed by atoms with Crippen LogP contribution in [0.15, 0.2) is 24.3 Å². The van der Waals surface area contributed by atoms with Crippen LogP contribution in [-0.2, 0) is 4.79 Å². The minimum atomic E-state index is -0.0536. The van der Waals surface area contributed by atoms with Crippen molar-refractivity contribution in [3.63, 3.8) is 0 Å². The molecule has 5 rings (SSSR count). The van der Waals surface area contributed by atoms with Gasteiger partial charge in [-0.3, -0.25) is 4.79 Å². The number of amides is 1. The second kappa shape index (κ2) is 5.85. The Morgan fingerprint density at radius 1 is 1.13 bits per heavy atom. The molecule has 0 spiro atoms. The number of hydrogen-bond donors (Lipinski definition) is 1. The summed E-state index contributed by atoms with van der Waals surface area (Å²) in [4.78, 5) is 11.3. The number of ether oxygens (including phenoxy) is 1. The summed E-state index contributed by atoms with van der Waals surface area (Å²) >= 11 is 0. The molecule has 4 saturated carbocycles. The number of carbonyl (C=O) groups excluding carboxylic acids is 1. The molecule has 0 aliphatic heterocycles. The Morgan fingerprint density at radius 3 is 2.35 bits per heavy atom. The third-order valence-corrected chi connectivity index (χ3v) is 6.25. The monoisotopic (exact) mass is 313 g/mol. The number of nitrogens with one attached hydrogen (secondary N) is 1. The highest BCUT2D eigenvalue weighted by Gasteiger charge is 2.50. The fourth-order valence-electron chi connectivity index (χ4n) is 5.86. The molecule has 4 bridgehead atoms. The molecule has 1 amide bonds. The Morgan fingerprint density at radius 2 is 1.74 bits per heavy atom. The van der Waals surface area contributed by atoms with Crippen molar-refractivity contribution in [2.24, 2.45) is 23.2 Å². The van der Waals surface area contributed by atoms with Gasteiger partial charge in [-0.15, -0.1) is 0 Å². The molecule has 1 aromatic carbocycles. The van der Waals surface area contributed by atoms with Gasteiger partial charge in [0.2, 0.25) is 5.91 Å². The van der Waals surface area contributed by atoms with Crippen molar-refractivity contribution in [1.29, 1.82) is 0 Å². The predicted molar refractivity (Wildman–Crippen MR) is 91.5 cm³/mol. The Balaban J connectivity index is 1.38. The molecular formula is C20H27NO2. The maximum absolute atomic E-state index is 11.3. The van der Waals surface area contributed by atoms with Gasteiger partial charge < -0.3 is 10.1 Å². The average molecular weight is 313 g/mol. The first-order chi connectivity index (χ1) is 11.1. The van der Waals surface area contributed by atoms with Crippen LogP contribution in [0.2, 0.25) is 0 Å². The summed E-state index contributed by atoms with van der Waals surface area (Å²) < 4.78 is 6.06. The minimum absolute atomic E-state index is 0.0536. The molecule has 1 aromatic rings. The van der Waals surface area contributed by atoms with Crippen molar-refractivity contribution >= 4 is 11.6 Å². The van der Waals surface area contributed by atoms with E-state index in [1.54, 1.807) is 0 Å².